The van der Waals surface area contributed by atoms with Gasteiger partial charge in [0.1, 0.15) is 5.82 Å². The average molecular weight is 412 g/mol. The Kier molecular flexibility index (Phi) is 4.79. The van der Waals surface area contributed by atoms with Gasteiger partial charge in [0.05, 0.1) is 11.0 Å². The van der Waals surface area contributed by atoms with E-state index in [2.05, 4.69) is 10.3 Å². The second kappa shape index (κ2) is 7.59. The number of ether oxygens (including phenoxy) is 2. The first-order chi connectivity index (χ1) is 14.2. The highest BCUT2D eigenvalue weighted by Crippen LogP contribution is 2.38. The number of imidazole rings is 1. The number of carbonyl (C=O) groups is 1. The van der Waals surface area contributed by atoms with Crippen LogP contribution in [-0.2, 0) is 11.3 Å². The second-order valence-electron chi connectivity index (χ2n) is 7.69. The average Bonchev–Trinajstić information content (AvgIpc) is 3.37. The number of nitrogens with zero attached hydrogens (tertiary/aromatic N) is 1. The van der Waals surface area contributed by atoms with Crippen LogP contribution < -0.4 is 14.8 Å². The Balaban J connectivity index is 1.31. The van der Waals surface area contributed by atoms with Crippen molar-refractivity contribution in [1.29, 1.82) is 0 Å². The zero-order valence-electron chi connectivity index (χ0n) is 15.9. The molecule has 2 N–H and O–H groups in total. The summed E-state index contributed by atoms with van der Waals surface area (Å²) < 4.78 is 10.8. The Hall–Kier alpha value is -2.73. The van der Waals surface area contributed by atoms with Gasteiger partial charge < -0.3 is 19.8 Å². The third-order valence-electron chi connectivity index (χ3n) is 5.82. The maximum Gasteiger partial charge on any atom is 0.231 e. The van der Waals surface area contributed by atoms with E-state index in [0.717, 1.165) is 59.6 Å². The van der Waals surface area contributed by atoms with Crippen molar-refractivity contribution in [3.8, 4) is 11.5 Å². The standard InChI is InChI=1S/C22H22ClN3O3/c23-14-6-7-17-18(10-14)26-21(25-17)15-3-1-2-4-16(15)22(27)24-11-13-5-8-19-20(9-13)29-12-28-19/h5-10,15-16H,1-4,11-12H2,(H,24,27)(H,25,26)/t15-,16-/m1/s1. The van der Waals surface area contributed by atoms with Crippen LogP contribution >= 0.6 is 11.6 Å². The number of aromatic nitrogens is 2. The largest absolute Gasteiger partial charge is 0.454 e. The highest BCUT2D eigenvalue weighted by Gasteiger charge is 2.34. The van der Waals surface area contributed by atoms with Gasteiger partial charge in [0.25, 0.3) is 0 Å². The lowest BCUT2D eigenvalue weighted by Gasteiger charge is -2.29. The summed E-state index contributed by atoms with van der Waals surface area (Å²) in [5.41, 5.74) is 2.79. The molecular formula is C22H22ClN3O3. The van der Waals surface area contributed by atoms with Crippen molar-refractivity contribution >= 4 is 28.5 Å². The van der Waals surface area contributed by atoms with E-state index in [4.69, 9.17) is 26.1 Å². The third-order valence-corrected chi connectivity index (χ3v) is 6.06. The predicted molar refractivity (Wildman–Crippen MR) is 110 cm³/mol. The number of amides is 1. The van der Waals surface area contributed by atoms with Gasteiger partial charge in [-0.3, -0.25) is 4.79 Å². The van der Waals surface area contributed by atoms with Crippen molar-refractivity contribution in [1.82, 2.24) is 15.3 Å². The van der Waals surface area contributed by atoms with Crippen LogP contribution in [0, 0.1) is 5.92 Å². The van der Waals surface area contributed by atoms with Gasteiger partial charge in [-0.05, 0) is 48.7 Å². The molecule has 150 valence electrons. The lowest BCUT2D eigenvalue weighted by atomic mass is 9.78. The lowest BCUT2D eigenvalue weighted by Crippen LogP contribution is -2.35. The Bertz CT molecular complexity index is 1060. The Morgan fingerprint density at radius 3 is 2.93 bits per heavy atom. The van der Waals surface area contributed by atoms with Gasteiger partial charge in [0.2, 0.25) is 12.7 Å². The van der Waals surface area contributed by atoms with Crippen LogP contribution in [0.15, 0.2) is 36.4 Å². The molecule has 2 atom stereocenters. The summed E-state index contributed by atoms with van der Waals surface area (Å²) in [5, 5.41) is 3.78. The maximum absolute atomic E-state index is 13.0. The number of fused-ring (bicyclic) bond motifs is 2. The number of rotatable bonds is 4. The molecule has 0 spiro atoms. The van der Waals surface area contributed by atoms with Crippen molar-refractivity contribution < 1.29 is 14.3 Å². The smallest absolute Gasteiger partial charge is 0.231 e. The van der Waals surface area contributed by atoms with Crippen LogP contribution in [0.2, 0.25) is 5.02 Å². The number of benzene rings is 2. The fraction of sp³-hybridized carbons (Fsp3) is 0.364. The van der Waals surface area contributed by atoms with Gasteiger partial charge >= 0.3 is 0 Å². The number of nitrogens with one attached hydrogen (secondary N) is 2. The summed E-state index contributed by atoms with van der Waals surface area (Å²) in [6, 6.07) is 11.4. The highest BCUT2D eigenvalue weighted by atomic mass is 35.5. The Labute approximate surface area is 173 Å². The van der Waals surface area contributed by atoms with E-state index in [-0.39, 0.29) is 24.5 Å². The minimum atomic E-state index is -0.0891. The third kappa shape index (κ3) is 3.65. The van der Waals surface area contributed by atoms with E-state index >= 15 is 0 Å². The van der Waals surface area contributed by atoms with E-state index in [1.54, 1.807) is 0 Å². The number of hydrogen-bond acceptors (Lipinski definition) is 4. The Morgan fingerprint density at radius 1 is 1.14 bits per heavy atom. The SMILES string of the molecule is O=C(NCc1ccc2c(c1)OCO2)[C@@H]1CCCC[C@H]1c1nc2ccc(Cl)cc2[nH]1. The molecule has 29 heavy (non-hydrogen) atoms. The molecule has 7 heteroatoms. The van der Waals surface area contributed by atoms with Gasteiger partial charge in [-0.15, -0.1) is 0 Å². The summed E-state index contributed by atoms with van der Waals surface area (Å²) >= 11 is 6.10. The summed E-state index contributed by atoms with van der Waals surface area (Å²) in [7, 11) is 0. The topological polar surface area (TPSA) is 76.2 Å². The van der Waals surface area contributed by atoms with E-state index in [0.29, 0.717) is 11.6 Å². The quantitative estimate of drug-likeness (QED) is 0.661. The molecule has 0 saturated heterocycles. The highest BCUT2D eigenvalue weighted by molar-refractivity contribution is 6.31. The summed E-state index contributed by atoms with van der Waals surface area (Å²) in [6.45, 7) is 0.714. The molecule has 1 amide bonds. The zero-order valence-corrected chi connectivity index (χ0v) is 16.7. The van der Waals surface area contributed by atoms with Gasteiger partial charge in [-0.2, -0.15) is 0 Å². The van der Waals surface area contributed by atoms with Crippen LogP contribution in [0.3, 0.4) is 0 Å². The van der Waals surface area contributed by atoms with Gasteiger partial charge in [0.15, 0.2) is 11.5 Å². The van der Waals surface area contributed by atoms with Gasteiger partial charge in [-0.1, -0.05) is 30.5 Å². The number of aromatic amines is 1. The molecular weight excluding hydrogens is 390 g/mol. The molecule has 6 nitrogen and oxygen atoms in total. The molecule has 0 unspecified atom stereocenters. The number of H-pyrrole nitrogens is 1. The van der Waals surface area contributed by atoms with E-state index in [1.165, 1.54) is 0 Å². The van der Waals surface area contributed by atoms with Crippen molar-refractivity contribution in [2.75, 3.05) is 6.79 Å². The maximum atomic E-state index is 13.0. The first-order valence-corrected chi connectivity index (χ1v) is 10.4. The van der Waals surface area contributed by atoms with E-state index in [9.17, 15) is 4.79 Å². The molecule has 5 rings (SSSR count). The van der Waals surface area contributed by atoms with Crippen molar-refractivity contribution in [3.05, 3.63) is 52.8 Å². The second-order valence-corrected chi connectivity index (χ2v) is 8.12. The number of hydrogen-bond donors (Lipinski definition) is 2. The van der Waals surface area contributed by atoms with Crippen LogP contribution in [-0.4, -0.2) is 22.7 Å². The molecule has 1 saturated carbocycles. The fourth-order valence-corrected chi connectivity index (χ4v) is 4.49. The van der Waals surface area contributed by atoms with Crippen LogP contribution in [0.5, 0.6) is 11.5 Å². The molecule has 2 aromatic carbocycles. The molecule has 0 radical (unpaired) electrons. The summed E-state index contributed by atoms with van der Waals surface area (Å²) in [5.74, 6) is 2.43. The lowest BCUT2D eigenvalue weighted by molar-refractivity contribution is -0.126. The van der Waals surface area contributed by atoms with Crippen LogP contribution in [0.25, 0.3) is 11.0 Å². The first kappa shape index (κ1) is 18.3. The summed E-state index contributed by atoms with van der Waals surface area (Å²) in [4.78, 5) is 21.2. The van der Waals surface area contributed by atoms with Crippen LogP contribution in [0.1, 0.15) is 43.0 Å². The molecule has 1 aliphatic heterocycles. The molecule has 3 aromatic rings. The number of halogens is 1. The monoisotopic (exact) mass is 411 g/mol. The number of carbonyl (C=O) groups excluding carboxylic acids is 1. The molecule has 0 bridgehead atoms. The predicted octanol–water partition coefficient (Wildman–Crippen LogP) is 4.54. The molecule has 2 aliphatic rings. The van der Waals surface area contributed by atoms with Crippen molar-refractivity contribution in [2.45, 2.75) is 38.1 Å². The minimum Gasteiger partial charge on any atom is -0.454 e. The molecule has 1 aliphatic carbocycles. The van der Waals surface area contributed by atoms with E-state index in [1.807, 2.05) is 36.4 Å². The minimum absolute atomic E-state index is 0.0749. The first-order valence-electron chi connectivity index (χ1n) is 9.99. The molecule has 1 fully saturated rings. The van der Waals surface area contributed by atoms with E-state index < -0.39 is 0 Å². The van der Waals surface area contributed by atoms with Crippen molar-refractivity contribution in [2.24, 2.45) is 5.92 Å². The summed E-state index contributed by atoms with van der Waals surface area (Å²) in [6.07, 6.45) is 3.99. The zero-order chi connectivity index (χ0) is 19.8. The van der Waals surface area contributed by atoms with Gasteiger partial charge in [-0.25, -0.2) is 4.98 Å². The molecule has 2 heterocycles. The normalized spacial score (nSPS) is 20.7. The Morgan fingerprint density at radius 2 is 2.00 bits per heavy atom. The van der Waals surface area contributed by atoms with Crippen LogP contribution in [0.4, 0.5) is 0 Å². The van der Waals surface area contributed by atoms with Crippen molar-refractivity contribution in [3.63, 3.8) is 0 Å². The van der Waals surface area contributed by atoms with Gasteiger partial charge in [0, 0.05) is 23.4 Å². The molecule has 1 aromatic heterocycles. The fourth-order valence-electron chi connectivity index (χ4n) is 4.32.